The van der Waals surface area contributed by atoms with Gasteiger partial charge in [0.25, 0.3) is 0 Å². The van der Waals surface area contributed by atoms with Gasteiger partial charge >= 0.3 is 0 Å². The second kappa shape index (κ2) is 7.36. The maximum atomic E-state index is 12.0. The highest BCUT2D eigenvalue weighted by atomic mass is 16.3. The third-order valence-electron chi connectivity index (χ3n) is 7.47. The van der Waals surface area contributed by atoms with Crippen molar-refractivity contribution in [3.63, 3.8) is 0 Å². The van der Waals surface area contributed by atoms with Gasteiger partial charge < -0.3 is 5.11 Å². The number of hydrogen-bond donors (Lipinski definition) is 2. The average Bonchev–Trinajstić information content (AvgIpc) is 2.75. The van der Waals surface area contributed by atoms with E-state index < -0.39 is 5.60 Å². The fourth-order valence-corrected chi connectivity index (χ4v) is 6.32. The fourth-order valence-electron chi connectivity index (χ4n) is 6.32. The number of fused-ring (bicyclic) bond motifs is 4. The van der Waals surface area contributed by atoms with Crippen LogP contribution in [0.2, 0.25) is 0 Å². The summed E-state index contributed by atoms with van der Waals surface area (Å²) < 4.78 is 0. The molecule has 5 atom stereocenters. The minimum absolute atomic E-state index is 0.202. The van der Waals surface area contributed by atoms with Crippen LogP contribution in [0.5, 0.6) is 0 Å². The van der Waals surface area contributed by atoms with Gasteiger partial charge in [-0.15, -0.1) is 0 Å². The van der Waals surface area contributed by atoms with E-state index in [9.17, 15) is 5.11 Å². The molecule has 2 aromatic rings. The van der Waals surface area contributed by atoms with E-state index in [1.807, 2.05) is 18.2 Å². The molecule has 5 rings (SSSR count). The van der Waals surface area contributed by atoms with Crippen LogP contribution in [0.3, 0.4) is 0 Å². The van der Waals surface area contributed by atoms with Crippen LogP contribution in [-0.4, -0.2) is 16.4 Å². The molecule has 0 amide bonds. The molecule has 3 nitrogen and oxygen atoms in total. The molecule has 0 unspecified atom stereocenters. The van der Waals surface area contributed by atoms with E-state index in [1.165, 1.54) is 30.5 Å². The summed E-state index contributed by atoms with van der Waals surface area (Å²) in [7, 11) is 0. The molecule has 0 heterocycles. The Morgan fingerprint density at radius 1 is 0.857 bits per heavy atom. The van der Waals surface area contributed by atoms with Crippen LogP contribution in [0.25, 0.3) is 0 Å². The van der Waals surface area contributed by atoms with Crippen LogP contribution in [0.15, 0.2) is 65.8 Å². The lowest BCUT2D eigenvalue weighted by molar-refractivity contribution is -0.110. The molecule has 3 saturated carbocycles. The van der Waals surface area contributed by atoms with Crippen LogP contribution in [0, 0.1) is 17.8 Å². The number of hydrazone groups is 1. The van der Waals surface area contributed by atoms with Crippen molar-refractivity contribution in [1.29, 1.82) is 0 Å². The molecule has 2 N–H and O–H groups in total. The van der Waals surface area contributed by atoms with Gasteiger partial charge in [0.05, 0.1) is 11.3 Å². The number of aliphatic hydroxyl groups is 1. The van der Waals surface area contributed by atoms with E-state index in [0.29, 0.717) is 17.8 Å². The minimum Gasteiger partial charge on any atom is -0.389 e. The van der Waals surface area contributed by atoms with Crippen molar-refractivity contribution in [3.05, 3.63) is 66.2 Å². The molecule has 3 fully saturated rings. The van der Waals surface area contributed by atoms with E-state index in [0.717, 1.165) is 31.4 Å². The van der Waals surface area contributed by atoms with Gasteiger partial charge in [-0.3, -0.25) is 5.43 Å². The van der Waals surface area contributed by atoms with Gasteiger partial charge in [0, 0.05) is 17.5 Å². The first kappa shape index (κ1) is 17.9. The third kappa shape index (κ3) is 2.97. The number of hydrogen-bond acceptors (Lipinski definition) is 3. The van der Waals surface area contributed by atoms with Crippen LogP contribution >= 0.6 is 0 Å². The number of anilines is 1. The standard InChI is InChI=1S/C25H30N2O/c28-25-17-8-7-15-21(25)23(18-10-3-1-4-11-18)20-14-9-16-22(25)24(20)27-26-19-12-5-2-6-13-19/h1-6,10-13,20-23,26,28H,7-9,14-17H2/b27-24-/t20-,21+,22+,23-,25-/m1/s1. The maximum absolute atomic E-state index is 12.0. The molecule has 28 heavy (non-hydrogen) atoms. The Hall–Kier alpha value is -2.13. The molecule has 0 saturated heterocycles. The van der Waals surface area contributed by atoms with Crippen LogP contribution in [0.1, 0.15) is 56.4 Å². The van der Waals surface area contributed by atoms with Crippen molar-refractivity contribution >= 4 is 11.4 Å². The number of rotatable bonds is 3. The van der Waals surface area contributed by atoms with Crippen molar-refractivity contribution in [3.8, 4) is 0 Å². The minimum atomic E-state index is -0.604. The van der Waals surface area contributed by atoms with Gasteiger partial charge in [0.15, 0.2) is 0 Å². The highest BCUT2D eigenvalue weighted by Gasteiger charge is 2.58. The smallest absolute Gasteiger partial charge is 0.0762 e. The van der Waals surface area contributed by atoms with Crippen molar-refractivity contribution < 1.29 is 5.11 Å². The number of benzene rings is 2. The first-order valence-electron chi connectivity index (χ1n) is 10.9. The monoisotopic (exact) mass is 374 g/mol. The molecular weight excluding hydrogens is 344 g/mol. The Morgan fingerprint density at radius 2 is 1.61 bits per heavy atom. The molecule has 0 aliphatic heterocycles. The molecule has 0 aromatic heterocycles. The van der Waals surface area contributed by atoms with E-state index in [4.69, 9.17) is 5.10 Å². The molecule has 3 heteroatoms. The summed E-state index contributed by atoms with van der Waals surface area (Å²) in [5.41, 5.74) is 6.31. The lowest BCUT2D eigenvalue weighted by Crippen LogP contribution is -2.60. The number of nitrogens with zero attached hydrogens (tertiary/aromatic N) is 1. The van der Waals surface area contributed by atoms with Gasteiger partial charge in [0.2, 0.25) is 0 Å². The SMILES string of the molecule is O[C@]12CCCC[C@H]1[C@H](c1ccccc1)[C@H]1CCC[C@H]2/C1=N\Nc1ccccc1. The zero-order valence-electron chi connectivity index (χ0n) is 16.4. The van der Waals surface area contributed by atoms with Crippen molar-refractivity contribution in [1.82, 2.24) is 0 Å². The molecule has 0 spiro atoms. The first-order chi connectivity index (χ1) is 13.8. The quantitative estimate of drug-likeness (QED) is 0.688. The number of nitrogens with one attached hydrogen (secondary N) is 1. The van der Waals surface area contributed by atoms with E-state index >= 15 is 0 Å². The molecule has 2 bridgehead atoms. The summed E-state index contributed by atoms with van der Waals surface area (Å²) in [5.74, 6) is 1.36. The zero-order chi connectivity index (χ0) is 19.0. The predicted octanol–water partition coefficient (Wildman–Crippen LogP) is 5.59. The van der Waals surface area contributed by atoms with E-state index in [1.54, 1.807) is 0 Å². The van der Waals surface area contributed by atoms with Gasteiger partial charge in [-0.05, 0) is 55.2 Å². The molecular formula is C25H30N2O. The lowest BCUT2D eigenvalue weighted by Gasteiger charge is -2.57. The molecule has 146 valence electrons. The fraction of sp³-hybridized carbons (Fsp3) is 0.480. The third-order valence-corrected chi connectivity index (χ3v) is 7.47. The second-order valence-corrected chi connectivity index (χ2v) is 8.88. The van der Waals surface area contributed by atoms with E-state index in [-0.39, 0.29) is 5.92 Å². The van der Waals surface area contributed by atoms with Gasteiger partial charge in [-0.25, -0.2) is 0 Å². The summed E-state index contributed by atoms with van der Waals surface area (Å²) in [6.45, 7) is 0. The Labute approximate surface area is 167 Å². The van der Waals surface area contributed by atoms with E-state index in [2.05, 4.69) is 47.9 Å². The predicted molar refractivity (Wildman–Crippen MR) is 114 cm³/mol. The van der Waals surface area contributed by atoms with Gasteiger partial charge in [0.1, 0.15) is 0 Å². The summed E-state index contributed by atoms with van der Waals surface area (Å²) in [5, 5.41) is 16.9. The molecule has 0 radical (unpaired) electrons. The topological polar surface area (TPSA) is 44.6 Å². The summed E-state index contributed by atoms with van der Waals surface area (Å²) >= 11 is 0. The highest BCUT2D eigenvalue weighted by Crippen LogP contribution is 2.58. The van der Waals surface area contributed by atoms with Crippen LogP contribution < -0.4 is 5.43 Å². The van der Waals surface area contributed by atoms with Crippen LogP contribution in [-0.2, 0) is 0 Å². The van der Waals surface area contributed by atoms with Gasteiger partial charge in [-0.1, -0.05) is 67.8 Å². The molecule has 3 aliphatic rings. The first-order valence-corrected chi connectivity index (χ1v) is 10.9. The molecule has 2 aromatic carbocycles. The maximum Gasteiger partial charge on any atom is 0.0762 e. The van der Waals surface area contributed by atoms with Gasteiger partial charge in [-0.2, -0.15) is 5.10 Å². The Bertz CT molecular complexity index is 834. The lowest BCUT2D eigenvalue weighted by atomic mass is 9.49. The average molecular weight is 375 g/mol. The van der Waals surface area contributed by atoms with Crippen molar-refractivity contribution in [2.24, 2.45) is 22.9 Å². The highest BCUT2D eigenvalue weighted by molar-refractivity contribution is 5.93. The van der Waals surface area contributed by atoms with Crippen molar-refractivity contribution in [2.75, 3.05) is 5.43 Å². The summed E-state index contributed by atoms with van der Waals surface area (Å²) in [4.78, 5) is 0. The Kier molecular flexibility index (Phi) is 4.72. The summed E-state index contributed by atoms with van der Waals surface area (Å²) in [6, 6.07) is 21.1. The molecule has 3 aliphatic carbocycles. The Balaban J connectivity index is 1.57. The zero-order valence-corrected chi connectivity index (χ0v) is 16.4. The second-order valence-electron chi connectivity index (χ2n) is 8.88. The summed E-state index contributed by atoms with van der Waals surface area (Å²) in [6.07, 6.45) is 7.88. The largest absolute Gasteiger partial charge is 0.389 e. The number of para-hydroxylation sites is 1. The van der Waals surface area contributed by atoms with Crippen molar-refractivity contribution in [2.45, 2.75) is 56.5 Å². The normalized spacial score (nSPS) is 36.0. The van der Waals surface area contributed by atoms with Crippen LogP contribution in [0.4, 0.5) is 5.69 Å². The Morgan fingerprint density at radius 3 is 2.39 bits per heavy atom.